The van der Waals surface area contributed by atoms with Gasteiger partial charge < -0.3 is 14.9 Å². The Balaban J connectivity index is 1.85. The highest BCUT2D eigenvalue weighted by atomic mass is 32.2. The molecule has 1 aromatic carbocycles. The van der Waals surface area contributed by atoms with Crippen molar-refractivity contribution in [3.05, 3.63) is 58.1 Å². The minimum Gasteiger partial charge on any atom is -0.598 e. The number of fused-ring (bicyclic) bond motifs is 1. The lowest BCUT2D eigenvalue weighted by atomic mass is 9.66. The molecular formula is C21H28N4OS2. The fourth-order valence-electron chi connectivity index (χ4n) is 4.72. The van der Waals surface area contributed by atoms with Crippen molar-refractivity contribution in [2.24, 2.45) is 5.41 Å². The number of aromatic amines is 1. The topological polar surface area (TPSA) is 75.8 Å². The highest BCUT2D eigenvalue weighted by molar-refractivity contribution is 7.90. The summed E-state index contributed by atoms with van der Waals surface area (Å²) in [6, 6.07) is 8.59. The Morgan fingerprint density at radius 3 is 2.50 bits per heavy atom. The molecule has 1 aromatic heterocycles. The van der Waals surface area contributed by atoms with Gasteiger partial charge in [-0.1, -0.05) is 36.5 Å². The Bertz CT molecular complexity index is 881. The molecule has 2 unspecified atom stereocenters. The van der Waals surface area contributed by atoms with Gasteiger partial charge in [-0.05, 0) is 57.8 Å². The van der Waals surface area contributed by atoms with Gasteiger partial charge in [0.15, 0.2) is 0 Å². The molecule has 2 heterocycles. The molecule has 4 rings (SSSR count). The van der Waals surface area contributed by atoms with Crippen LogP contribution in [0, 0.1) is 10.1 Å². The lowest BCUT2D eigenvalue weighted by Gasteiger charge is -2.44. The number of nitrogens with one attached hydrogen (secondary N) is 3. The lowest BCUT2D eigenvalue weighted by Crippen LogP contribution is -2.50. The molecule has 1 aliphatic heterocycles. The van der Waals surface area contributed by atoms with Crippen LogP contribution in [0.1, 0.15) is 62.4 Å². The Kier molecular flexibility index (Phi) is 5.39. The van der Waals surface area contributed by atoms with Crippen LogP contribution >= 0.6 is 12.2 Å². The molecule has 0 bridgehead atoms. The van der Waals surface area contributed by atoms with Gasteiger partial charge in [-0.2, -0.15) is 0 Å². The Morgan fingerprint density at radius 2 is 1.89 bits per heavy atom. The van der Waals surface area contributed by atoms with Crippen LogP contribution < -0.4 is 10.0 Å². The van der Waals surface area contributed by atoms with E-state index in [1.54, 1.807) is 6.20 Å². The molecule has 1 saturated heterocycles. The summed E-state index contributed by atoms with van der Waals surface area (Å²) < 4.78 is 16.9. The molecular weight excluding hydrogens is 388 g/mol. The van der Waals surface area contributed by atoms with Crippen LogP contribution in [-0.4, -0.2) is 32.4 Å². The molecule has 0 amide bonds. The second-order valence-corrected chi connectivity index (χ2v) is 11.3. The molecule has 150 valence electrons. The molecule has 2 aromatic rings. The molecule has 28 heavy (non-hydrogen) atoms. The minimum atomic E-state index is -1.15. The zero-order valence-electron chi connectivity index (χ0n) is 16.6. The normalized spacial score (nSPS) is 24.9. The van der Waals surface area contributed by atoms with E-state index in [1.807, 2.05) is 27.0 Å². The number of benzene rings is 1. The van der Waals surface area contributed by atoms with E-state index in [0.717, 1.165) is 31.6 Å². The van der Waals surface area contributed by atoms with E-state index < -0.39 is 11.4 Å². The third kappa shape index (κ3) is 3.44. The maximum absolute atomic E-state index is 13.1. The van der Waals surface area contributed by atoms with Gasteiger partial charge in [0.1, 0.15) is 9.39 Å². The molecule has 3 atom stereocenters. The van der Waals surface area contributed by atoms with E-state index >= 15 is 0 Å². The van der Waals surface area contributed by atoms with Gasteiger partial charge in [0, 0.05) is 28.9 Å². The van der Waals surface area contributed by atoms with Crippen LogP contribution in [0.5, 0.6) is 0 Å². The van der Waals surface area contributed by atoms with Gasteiger partial charge in [0.25, 0.3) is 0 Å². The van der Waals surface area contributed by atoms with E-state index in [1.165, 1.54) is 11.1 Å². The Hall–Kier alpha value is -1.25. The van der Waals surface area contributed by atoms with Crippen molar-refractivity contribution in [2.45, 2.75) is 50.3 Å². The summed E-state index contributed by atoms with van der Waals surface area (Å²) in [7, 11) is 0. The SMILES string of the molecule is CC(C)(C)[S+]([O-])N[C@@H]1c2ccccc2C(c2c[nH]c(=S)cn2)C12CCNCC2. The van der Waals surface area contributed by atoms with Crippen molar-refractivity contribution in [3.8, 4) is 0 Å². The summed E-state index contributed by atoms with van der Waals surface area (Å²) in [5.74, 6) is 0.145. The summed E-state index contributed by atoms with van der Waals surface area (Å²) in [5, 5.41) is 3.50. The average molecular weight is 417 g/mol. The highest BCUT2D eigenvalue weighted by Crippen LogP contribution is 2.61. The zero-order valence-corrected chi connectivity index (χ0v) is 18.3. The van der Waals surface area contributed by atoms with Crippen molar-refractivity contribution in [3.63, 3.8) is 0 Å². The molecule has 5 nitrogen and oxygen atoms in total. The van der Waals surface area contributed by atoms with Crippen molar-refractivity contribution < 1.29 is 4.55 Å². The van der Waals surface area contributed by atoms with Crippen molar-refractivity contribution >= 4 is 23.6 Å². The first-order valence-electron chi connectivity index (χ1n) is 9.85. The smallest absolute Gasteiger partial charge is 0.136 e. The number of rotatable bonds is 3. The first kappa shape index (κ1) is 20.0. The van der Waals surface area contributed by atoms with Crippen LogP contribution in [0.25, 0.3) is 0 Å². The van der Waals surface area contributed by atoms with Gasteiger partial charge in [-0.25, -0.2) is 0 Å². The Morgan fingerprint density at radius 1 is 1.21 bits per heavy atom. The number of nitrogens with zero attached hydrogens (tertiary/aromatic N) is 1. The van der Waals surface area contributed by atoms with Crippen molar-refractivity contribution in [1.29, 1.82) is 0 Å². The van der Waals surface area contributed by atoms with Crippen molar-refractivity contribution in [1.82, 2.24) is 20.0 Å². The van der Waals surface area contributed by atoms with Crippen LogP contribution in [0.15, 0.2) is 36.7 Å². The monoisotopic (exact) mass is 416 g/mol. The van der Waals surface area contributed by atoms with Gasteiger partial charge in [-0.3, -0.25) is 4.98 Å². The molecule has 7 heteroatoms. The Labute approximate surface area is 175 Å². The van der Waals surface area contributed by atoms with E-state index in [4.69, 9.17) is 17.2 Å². The second kappa shape index (κ2) is 7.54. The largest absolute Gasteiger partial charge is 0.598 e. The summed E-state index contributed by atoms with van der Waals surface area (Å²) in [6.07, 6.45) is 5.69. The first-order chi connectivity index (χ1) is 13.3. The zero-order chi connectivity index (χ0) is 19.9. The summed E-state index contributed by atoms with van der Waals surface area (Å²) in [5.41, 5.74) is 3.47. The summed E-state index contributed by atoms with van der Waals surface area (Å²) >= 11 is 4.06. The highest BCUT2D eigenvalue weighted by Gasteiger charge is 2.56. The van der Waals surface area contributed by atoms with E-state index in [0.29, 0.717) is 4.64 Å². The maximum Gasteiger partial charge on any atom is 0.136 e. The number of hydrogen-bond acceptors (Lipinski definition) is 5. The molecule has 1 aliphatic carbocycles. The fraction of sp³-hybridized carbons (Fsp3) is 0.524. The van der Waals surface area contributed by atoms with E-state index in [-0.39, 0.29) is 22.1 Å². The molecule has 2 aliphatic rings. The third-order valence-corrected chi connectivity index (χ3v) is 7.86. The van der Waals surface area contributed by atoms with Crippen LogP contribution in [0.2, 0.25) is 0 Å². The molecule has 1 spiro atoms. The summed E-state index contributed by atoms with van der Waals surface area (Å²) in [4.78, 5) is 7.88. The van der Waals surface area contributed by atoms with Gasteiger partial charge in [0.2, 0.25) is 0 Å². The lowest BCUT2D eigenvalue weighted by molar-refractivity contribution is 0.139. The standard InChI is InChI=1S/C21H28N4OS2/c1-20(2,3)28(26)25-19-15-7-5-4-6-14(15)18(16-12-24-17(27)13-23-16)21(19)8-10-22-11-9-21/h4-7,12-13,18-19,22,25H,8-11H2,1-3H3,(H,24,27)/t18?,19-,28?/m1/s1. The summed E-state index contributed by atoms with van der Waals surface area (Å²) in [6.45, 7) is 7.95. The first-order valence-corrected chi connectivity index (χ1v) is 11.4. The van der Waals surface area contributed by atoms with Crippen LogP contribution in [0.4, 0.5) is 0 Å². The molecule has 3 N–H and O–H groups in total. The van der Waals surface area contributed by atoms with Gasteiger partial charge in [0.05, 0.1) is 17.9 Å². The predicted octanol–water partition coefficient (Wildman–Crippen LogP) is 3.75. The number of piperidine rings is 1. The van der Waals surface area contributed by atoms with E-state index in [9.17, 15) is 4.55 Å². The van der Waals surface area contributed by atoms with Crippen LogP contribution in [-0.2, 0) is 11.4 Å². The molecule has 0 saturated carbocycles. The second-order valence-electron chi connectivity index (χ2n) is 8.81. The minimum absolute atomic E-state index is 0.0286. The maximum atomic E-state index is 13.1. The number of aromatic nitrogens is 2. The number of hydrogen-bond donors (Lipinski definition) is 3. The van der Waals surface area contributed by atoms with Crippen LogP contribution in [0.3, 0.4) is 0 Å². The fourth-order valence-corrected chi connectivity index (χ4v) is 5.76. The van der Waals surface area contributed by atoms with Crippen molar-refractivity contribution in [2.75, 3.05) is 13.1 Å². The third-order valence-electron chi connectivity index (χ3n) is 6.07. The number of H-pyrrole nitrogens is 1. The quantitative estimate of drug-likeness (QED) is 0.525. The average Bonchev–Trinajstić information content (AvgIpc) is 2.92. The van der Waals surface area contributed by atoms with Gasteiger partial charge in [-0.15, -0.1) is 4.72 Å². The van der Waals surface area contributed by atoms with E-state index in [2.05, 4.69) is 39.3 Å². The predicted molar refractivity (Wildman–Crippen MR) is 116 cm³/mol. The van der Waals surface area contributed by atoms with Gasteiger partial charge >= 0.3 is 0 Å². The molecule has 0 radical (unpaired) electrons. The molecule has 1 fully saturated rings.